The molecular formula is C12H13F2N3O. The van der Waals surface area contributed by atoms with Crippen molar-refractivity contribution >= 4 is 5.95 Å². The van der Waals surface area contributed by atoms with Crippen LogP contribution in [0.2, 0.25) is 0 Å². The summed E-state index contributed by atoms with van der Waals surface area (Å²) in [6.07, 6.45) is 3.14. The van der Waals surface area contributed by atoms with Crippen LogP contribution in [-0.2, 0) is 4.74 Å². The Labute approximate surface area is 103 Å². The second-order valence-corrected chi connectivity index (χ2v) is 3.64. The first-order valence-electron chi connectivity index (χ1n) is 5.44. The van der Waals surface area contributed by atoms with Gasteiger partial charge < -0.3 is 10.1 Å². The van der Waals surface area contributed by atoms with Crippen LogP contribution in [0.15, 0.2) is 30.6 Å². The Morgan fingerprint density at radius 3 is 2.94 bits per heavy atom. The van der Waals surface area contributed by atoms with Gasteiger partial charge >= 0.3 is 0 Å². The molecular weight excluding hydrogens is 240 g/mol. The SMILES string of the molecule is COCCNc1nccn1-c1ccc(F)cc1F. The lowest BCUT2D eigenvalue weighted by molar-refractivity contribution is 0.210. The number of nitrogens with zero attached hydrogens (tertiary/aromatic N) is 2. The fraction of sp³-hybridized carbons (Fsp3) is 0.250. The second-order valence-electron chi connectivity index (χ2n) is 3.64. The summed E-state index contributed by atoms with van der Waals surface area (Å²) in [5.41, 5.74) is 0.244. The number of halogens is 2. The Kier molecular flexibility index (Phi) is 3.88. The average molecular weight is 253 g/mol. The molecule has 1 N–H and O–H groups in total. The molecule has 6 heteroatoms. The van der Waals surface area contributed by atoms with Crippen LogP contribution in [0.5, 0.6) is 0 Å². The lowest BCUT2D eigenvalue weighted by Crippen LogP contribution is -2.12. The first-order chi connectivity index (χ1) is 8.72. The normalized spacial score (nSPS) is 10.6. The van der Waals surface area contributed by atoms with E-state index in [1.54, 1.807) is 13.3 Å². The van der Waals surface area contributed by atoms with E-state index < -0.39 is 11.6 Å². The Hall–Kier alpha value is -1.95. The van der Waals surface area contributed by atoms with Gasteiger partial charge in [-0.2, -0.15) is 0 Å². The molecule has 96 valence electrons. The highest BCUT2D eigenvalue weighted by Crippen LogP contribution is 2.18. The molecule has 0 bridgehead atoms. The van der Waals surface area contributed by atoms with Gasteiger partial charge in [0.2, 0.25) is 5.95 Å². The van der Waals surface area contributed by atoms with Gasteiger partial charge in [0.25, 0.3) is 0 Å². The molecule has 0 aliphatic heterocycles. The molecule has 0 aliphatic rings. The molecule has 0 saturated heterocycles. The first-order valence-corrected chi connectivity index (χ1v) is 5.44. The Morgan fingerprint density at radius 2 is 2.22 bits per heavy atom. The monoisotopic (exact) mass is 253 g/mol. The largest absolute Gasteiger partial charge is 0.383 e. The highest BCUT2D eigenvalue weighted by Gasteiger charge is 2.09. The van der Waals surface area contributed by atoms with E-state index >= 15 is 0 Å². The van der Waals surface area contributed by atoms with E-state index in [2.05, 4.69) is 10.3 Å². The van der Waals surface area contributed by atoms with Crippen LogP contribution in [-0.4, -0.2) is 29.8 Å². The summed E-state index contributed by atoms with van der Waals surface area (Å²) in [7, 11) is 1.59. The van der Waals surface area contributed by atoms with E-state index in [0.717, 1.165) is 6.07 Å². The molecule has 0 spiro atoms. The molecule has 1 aromatic carbocycles. The molecule has 1 aromatic heterocycles. The summed E-state index contributed by atoms with van der Waals surface area (Å²) in [6.45, 7) is 1.06. The minimum atomic E-state index is -0.636. The van der Waals surface area contributed by atoms with Gasteiger partial charge in [0, 0.05) is 32.1 Å². The number of hydrogen-bond donors (Lipinski definition) is 1. The van der Waals surface area contributed by atoms with Crippen LogP contribution in [0, 0.1) is 11.6 Å². The topological polar surface area (TPSA) is 39.1 Å². The lowest BCUT2D eigenvalue weighted by atomic mass is 10.3. The summed E-state index contributed by atoms with van der Waals surface area (Å²) < 4.78 is 32.9. The Balaban J connectivity index is 2.25. The van der Waals surface area contributed by atoms with E-state index in [9.17, 15) is 8.78 Å². The van der Waals surface area contributed by atoms with Crippen LogP contribution in [0.1, 0.15) is 0 Å². The number of anilines is 1. The Bertz CT molecular complexity index is 528. The van der Waals surface area contributed by atoms with Crippen molar-refractivity contribution in [1.29, 1.82) is 0 Å². The van der Waals surface area contributed by atoms with E-state index in [0.29, 0.717) is 19.1 Å². The third-order valence-electron chi connectivity index (χ3n) is 2.40. The van der Waals surface area contributed by atoms with Crippen LogP contribution >= 0.6 is 0 Å². The number of hydrogen-bond acceptors (Lipinski definition) is 3. The predicted octanol–water partition coefficient (Wildman–Crippen LogP) is 2.21. The number of rotatable bonds is 5. The second kappa shape index (κ2) is 5.59. The smallest absolute Gasteiger partial charge is 0.207 e. The minimum absolute atomic E-state index is 0.244. The van der Waals surface area contributed by atoms with E-state index in [-0.39, 0.29) is 5.69 Å². The zero-order valence-electron chi connectivity index (χ0n) is 9.86. The van der Waals surface area contributed by atoms with Crippen molar-refractivity contribution in [3.63, 3.8) is 0 Å². The third-order valence-corrected chi connectivity index (χ3v) is 2.40. The average Bonchev–Trinajstić information content (AvgIpc) is 2.78. The van der Waals surface area contributed by atoms with Crippen molar-refractivity contribution in [1.82, 2.24) is 9.55 Å². The van der Waals surface area contributed by atoms with Crippen LogP contribution in [0.4, 0.5) is 14.7 Å². The van der Waals surface area contributed by atoms with Crippen molar-refractivity contribution in [3.8, 4) is 5.69 Å². The van der Waals surface area contributed by atoms with Gasteiger partial charge in [-0.05, 0) is 12.1 Å². The zero-order chi connectivity index (χ0) is 13.0. The highest BCUT2D eigenvalue weighted by atomic mass is 19.1. The van der Waals surface area contributed by atoms with E-state index in [1.807, 2.05) is 0 Å². The highest BCUT2D eigenvalue weighted by molar-refractivity contribution is 5.42. The standard InChI is InChI=1S/C12H13F2N3O/c1-18-7-5-16-12-15-4-6-17(12)11-3-2-9(13)8-10(11)14/h2-4,6,8H,5,7H2,1H3,(H,15,16). The summed E-state index contributed by atoms with van der Waals surface area (Å²) in [5.74, 6) is -0.759. The number of nitrogens with one attached hydrogen (secondary N) is 1. The van der Waals surface area contributed by atoms with Gasteiger partial charge in [-0.3, -0.25) is 4.57 Å². The maximum absolute atomic E-state index is 13.6. The molecule has 0 saturated carbocycles. The molecule has 2 rings (SSSR count). The van der Waals surface area contributed by atoms with Crippen LogP contribution in [0.25, 0.3) is 5.69 Å². The zero-order valence-corrected chi connectivity index (χ0v) is 9.86. The quantitative estimate of drug-likeness (QED) is 0.830. The molecule has 1 heterocycles. The van der Waals surface area contributed by atoms with Crippen LogP contribution < -0.4 is 5.32 Å². The predicted molar refractivity (Wildman–Crippen MR) is 63.8 cm³/mol. The fourth-order valence-electron chi connectivity index (χ4n) is 1.57. The van der Waals surface area contributed by atoms with E-state index in [4.69, 9.17) is 4.74 Å². The van der Waals surface area contributed by atoms with Gasteiger partial charge in [0.15, 0.2) is 0 Å². The fourth-order valence-corrected chi connectivity index (χ4v) is 1.57. The van der Waals surface area contributed by atoms with Gasteiger partial charge in [0.1, 0.15) is 11.6 Å². The minimum Gasteiger partial charge on any atom is -0.383 e. The number of imidazole rings is 1. The van der Waals surface area contributed by atoms with Gasteiger partial charge in [-0.15, -0.1) is 0 Å². The van der Waals surface area contributed by atoms with Crippen molar-refractivity contribution in [2.75, 3.05) is 25.6 Å². The maximum Gasteiger partial charge on any atom is 0.207 e. The van der Waals surface area contributed by atoms with Crippen molar-refractivity contribution in [3.05, 3.63) is 42.2 Å². The summed E-state index contributed by atoms with van der Waals surface area (Å²) in [5, 5.41) is 3.00. The lowest BCUT2D eigenvalue weighted by Gasteiger charge is -2.10. The summed E-state index contributed by atoms with van der Waals surface area (Å²) >= 11 is 0. The molecule has 0 amide bonds. The summed E-state index contributed by atoms with van der Waals surface area (Å²) in [4.78, 5) is 4.06. The van der Waals surface area contributed by atoms with Crippen molar-refractivity contribution in [2.24, 2.45) is 0 Å². The van der Waals surface area contributed by atoms with Crippen LogP contribution in [0.3, 0.4) is 0 Å². The maximum atomic E-state index is 13.6. The van der Waals surface area contributed by atoms with Gasteiger partial charge in [-0.1, -0.05) is 0 Å². The molecule has 18 heavy (non-hydrogen) atoms. The van der Waals surface area contributed by atoms with Crippen molar-refractivity contribution in [2.45, 2.75) is 0 Å². The molecule has 0 atom stereocenters. The Morgan fingerprint density at radius 1 is 1.39 bits per heavy atom. The number of methoxy groups -OCH3 is 1. The first kappa shape index (κ1) is 12.5. The number of aromatic nitrogens is 2. The van der Waals surface area contributed by atoms with Gasteiger partial charge in [0.05, 0.1) is 12.3 Å². The molecule has 0 radical (unpaired) electrons. The molecule has 4 nitrogen and oxygen atoms in total. The molecule has 0 aliphatic carbocycles. The van der Waals surface area contributed by atoms with Gasteiger partial charge in [-0.25, -0.2) is 13.8 Å². The summed E-state index contributed by atoms with van der Waals surface area (Å²) in [6, 6.07) is 3.42. The van der Waals surface area contributed by atoms with E-state index in [1.165, 1.54) is 22.9 Å². The molecule has 0 unspecified atom stereocenters. The molecule has 0 fully saturated rings. The number of benzene rings is 1. The van der Waals surface area contributed by atoms with Crippen molar-refractivity contribution < 1.29 is 13.5 Å². The number of ether oxygens (including phenoxy) is 1. The third kappa shape index (κ3) is 2.65. The molecule has 2 aromatic rings.